The van der Waals surface area contributed by atoms with E-state index in [-0.39, 0.29) is 18.2 Å². The number of aliphatic hydroxyl groups excluding tert-OH is 1. The minimum Gasteiger partial charge on any atom is -0.491 e. The highest BCUT2D eigenvalue weighted by Gasteiger charge is 2.33. The first-order chi connectivity index (χ1) is 9.54. The fourth-order valence-corrected chi connectivity index (χ4v) is 2.64. The Kier molecular flexibility index (Phi) is 5.06. The van der Waals surface area contributed by atoms with Crippen molar-refractivity contribution in [3.8, 4) is 5.75 Å². The molecule has 1 aliphatic carbocycles. The molecule has 0 bridgehead atoms. The highest BCUT2D eigenvalue weighted by Crippen LogP contribution is 2.26. The molecule has 112 valence electrons. The molecular formula is C17H27NO2. The lowest BCUT2D eigenvalue weighted by Crippen LogP contribution is -2.49. The van der Waals surface area contributed by atoms with Crippen LogP contribution in [0.15, 0.2) is 24.3 Å². The van der Waals surface area contributed by atoms with Crippen molar-refractivity contribution in [2.24, 2.45) is 0 Å². The molecule has 1 fully saturated rings. The van der Waals surface area contributed by atoms with Crippen molar-refractivity contribution < 1.29 is 9.84 Å². The minimum atomic E-state index is -0.247. The zero-order chi connectivity index (χ0) is 14.6. The average Bonchev–Trinajstić information content (AvgIpc) is 3.22. The molecule has 0 aliphatic heterocycles. The van der Waals surface area contributed by atoms with E-state index < -0.39 is 0 Å². The van der Waals surface area contributed by atoms with Crippen LogP contribution in [-0.4, -0.2) is 29.4 Å². The van der Waals surface area contributed by atoms with Gasteiger partial charge in [-0.3, -0.25) is 0 Å². The molecule has 2 rings (SSSR count). The molecule has 0 radical (unpaired) electrons. The van der Waals surface area contributed by atoms with E-state index in [1.165, 1.54) is 18.4 Å². The maximum Gasteiger partial charge on any atom is 0.119 e. The number of aryl methyl sites for hydroxylation is 1. The van der Waals surface area contributed by atoms with E-state index in [9.17, 15) is 5.11 Å². The first kappa shape index (κ1) is 15.3. The third kappa shape index (κ3) is 4.50. The summed E-state index contributed by atoms with van der Waals surface area (Å²) in [6.07, 6.45) is 4.34. The van der Waals surface area contributed by atoms with Gasteiger partial charge in [0.2, 0.25) is 0 Å². The summed E-state index contributed by atoms with van der Waals surface area (Å²) in [5.74, 6) is 0.920. The second-order valence-electron chi connectivity index (χ2n) is 6.27. The van der Waals surface area contributed by atoms with Gasteiger partial charge >= 0.3 is 0 Å². The van der Waals surface area contributed by atoms with Gasteiger partial charge in [0.25, 0.3) is 0 Å². The summed E-state index contributed by atoms with van der Waals surface area (Å²) in [6.45, 7) is 6.44. The third-order valence-corrected chi connectivity index (χ3v) is 3.86. The largest absolute Gasteiger partial charge is 0.491 e. The molecule has 1 aromatic carbocycles. The Bertz CT molecular complexity index is 431. The highest BCUT2D eigenvalue weighted by atomic mass is 16.5. The molecule has 0 spiro atoms. The Hall–Kier alpha value is -1.06. The molecule has 0 saturated heterocycles. The summed E-state index contributed by atoms with van der Waals surface area (Å²) < 4.78 is 6.01. The van der Waals surface area contributed by atoms with E-state index in [2.05, 4.69) is 38.2 Å². The fourth-order valence-electron chi connectivity index (χ4n) is 2.64. The molecule has 2 N–H and O–H groups in total. The maximum atomic E-state index is 9.64. The quantitative estimate of drug-likeness (QED) is 0.767. The summed E-state index contributed by atoms with van der Waals surface area (Å²) in [4.78, 5) is 0. The number of ether oxygens (including phenoxy) is 1. The predicted octanol–water partition coefficient (Wildman–Crippen LogP) is 2.91. The molecule has 0 aromatic heterocycles. The van der Waals surface area contributed by atoms with Gasteiger partial charge in [-0.1, -0.05) is 19.1 Å². The number of benzene rings is 1. The third-order valence-electron chi connectivity index (χ3n) is 3.86. The number of hydrogen-bond acceptors (Lipinski definition) is 3. The molecule has 0 amide bonds. The van der Waals surface area contributed by atoms with Crippen LogP contribution in [0.1, 0.15) is 45.6 Å². The second-order valence-corrected chi connectivity index (χ2v) is 6.27. The zero-order valence-corrected chi connectivity index (χ0v) is 12.9. The van der Waals surface area contributed by atoms with E-state index in [0.717, 1.165) is 18.6 Å². The summed E-state index contributed by atoms with van der Waals surface area (Å²) in [5.41, 5.74) is 1.04. The van der Waals surface area contributed by atoms with Gasteiger partial charge < -0.3 is 15.2 Å². The maximum absolute atomic E-state index is 9.64. The van der Waals surface area contributed by atoms with Gasteiger partial charge in [0.1, 0.15) is 5.75 Å². The highest BCUT2D eigenvalue weighted by molar-refractivity contribution is 5.28. The lowest BCUT2D eigenvalue weighted by Gasteiger charge is -2.32. The Morgan fingerprint density at radius 3 is 2.80 bits per heavy atom. The van der Waals surface area contributed by atoms with Crippen molar-refractivity contribution >= 4 is 0 Å². The van der Waals surface area contributed by atoms with Crippen LogP contribution in [0.2, 0.25) is 0 Å². The lowest BCUT2D eigenvalue weighted by molar-refractivity contribution is 0.108. The van der Waals surface area contributed by atoms with Gasteiger partial charge in [-0.2, -0.15) is 0 Å². The van der Waals surface area contributed by atoms with Crippen LogP contribution < -0.4 is 10.1 Å². The van der Waals surface area contributed by atoms with E-state index in [1.807, 2.05) is 12.1 Å². The summed E-state index contributed by atoms with van der Waals surface area (Å²) in [5, 5.41) is 13.2. The Balaban J connectivity index is 1.90. The van der Waals surface area contributed by atoms with E-state index in [4.69, 9.17) is 4.74 Å². The SMILES string of the molecule is CCc1cccc(OC(C)CC(C)(CO)NC2CC2)c1. The summed E-state index contributed by atoms with van der Waals surface area (Å²) >= 11 is 0. The van der Waals surface area contributed by atoms with Crippen molar-refractivity contribution in [3.63, 3.8) is 0 Å². The Morgan fingerprint density at radius 1 is 1.45 bits per heavy atom. The van der Waals surface area contributed by atoms with Gasteiger partial charge in [0.05, 0.1) is 12.7 Å². The van der Waals surface area contributed by atoms with Gasteiger partial charge in [0, 0.05) is 18.0 Å². The monoisotopic (exact) mass is 277 g/mol. The number of rotatable bonds is 8. The molecule has 3 nitrogen and oxygen atoms in total. The van der Waals surface area contributed by atoms with E-state index >= 15 is 0 Å². The molecule has 2 atom stereocenters. The van der Waals surface area contributed by atoms with Crippen molar-refractivity contribution in [2.75, 3.05) is 6.61 Å². The van der Waals surface area contributed by atoms with Crippen LogP contribution in [0.4, 0.5) is 0 Å². The predicted molar refractivity (Wildman–Crippen MR) is 82.2 cm³/mol. The second kappa shape index (κ2) is 6.59. The van der Waals surface area contributed by atoms with E-state index in [1.54, 1.807) is 0 Å². The van der Waals surface area contributed by atoms with Crippen LogP contribution in [0.5, 0.6) is 5.75 Å². The Morgan fingerprint density at radius 2 is 2.20 bits per heavy atom. The standard InChI is InChI=1S/C17H27NO2/c1-4-14-6-5-7-16(10-14)20-13(2)11-17(3,12-19)18-15-8-9-15/h5-7,10,13,15,18-19H,4,8-9,11-12H2,1-3H3. The molecule has 0 heterocycles. The number of aliphatic hydroxyl groups is 1. The van der Waals surface area contributed by atoms with Crippen molar-refractivity contribution in [1.29, 1.82) is 0 Å². The van der Waals surface area contributed by atoms with Crippen LogP contribution in [-0.2, 0) is 6.42 Å². The van der Waals surface area contributed by atoms with Crippen LogP contribution >= 0.6 is 0 Å². The van der Waals surface area contributed by atoms with Crippen molar-refractivity contribution in [3.05, 3.63) is 29.8 Å². The fraction of sp³-hybridized carbons (Fsp3) is 0.647. The minimum absolute atomic E-state index is 0.0745. The topological polar surface area (TPSA) is 41.5 Å². The van der Waals surface area contributed by atoms with Crippen LogP contribution in [0.25, 0.3) is 0 Å². The zero-order valence-electron chi connectivity index (χ0n) is 12.9. The molecule has 1 saturated carbocycles. The number of hydrogen-bond donors (Lipinski definition) is 2. The number of nitrogens with one attached hydrogen (secondary N) is 1. The Labute approximate surface area is 122 Å². The lowest BCUT2D eigenvalue weighted by atomic mass is 9.95. The molecule has 2 unspecified atom stereocenters. The van der Waals surface area contributed by atoms with Gasteiger partial charge in [-0.05, 0) is 50.8 Å². The molecule has 1 aliphatic rings. The first-order valence-corrected chi connectivity index (χ1v) is 7.69. The molecule has 3 heteroatoms. The normalized spacial score (nSPS) is 19.4. The molecular weight excluding hydrogens is 250 g/mol. The van der Waals surface area contributed by atoms with Crippen LogP contribution in [0, 0.1) is 0 Å². The summed E-state index contributed by atoms with van der Waals surface area (Å²) in [6, 6.07) is 8.84. The smallest absolute Gasteiger partial charge is 0.119 e. The van der Waals surface area contributed by atoms with Gasteiger partial charge in [0.15, 0.2) is 0 Å². The molecule has 20 heavy (non-hydrogen) atoms. The van der Waals surface area contributed by atoms with Gasteiger partial charge in [-0.25, -0.2) is 0 Å². The van der Waals surface area contributed by atoms with E-state index in [0.29, 0.717) is 6.04 Å². The van der Waals surface area contributed by atoms with Crippen LogP contribution in [0.3, 0.4) is 0 Å². The van der Waals surface area contributed by atoms with Crippen molar-refractivity contribution in [2.45, 2.75) is 64.1 Å². The van der Waals surface area contributed by atoms with Gasteiger partial charge in [-0.15, -0.1) is 0 Å². The first-order valence-electron chi connectivity index (χ1n) is 7.69. The average molecular weight is 277 g/mol. The molecule has 1 aromatic rings. The summed E-state index contributed by atoms with van der Waals surface area (Å²) in [7, 11) is 0. The van der Waals surface area contributed by atoms with Crippen molar-refractivity contribution in [1.82, 2.24) is 5.32 Å².